The Morgan fingerprint density at radius 1 is 1.33 bits per heavy atom. The van der Waals surface area contributed by atoms with E-state index in [1.165, 1.54) is 12.1 Å². The van der Waals surface area contributed by atoms with Crippen molar-refractivity contribution >= 4 is 33.4 Å². The molecule has 0 bridgehead atoms. The fraction of sp³-hybridized carbons (Fsp3) is 0.400. The van der Waals surface area contributed by atoms with E-state index in [0.29, 0.717) is 17.0 Å². The van der Waals surface area contributed by atoms with Gasteiger partial charge in [-0.25, -0.2) is 13.2 Å². The Kier molecular flexibility index (Phi) is 5.55. The number of hydrogen-bond donors (Lipinski definition) is 1. The molecule has 0 fully saturated rings. The van der Waals surface area contributed by atoms with E-state index in [-0.39, 0.29) is 19.4 Å². The molecule has 0 spiro atoms. The lowest BCUT2D eigenvalue weighted by Gasteiger charge is -2.16. The predicted octanol–water partition coefficient (Wildman–Crippen LogP) is 1.42. The number of benzene rings is 1. The van der Waals surface area contributed by atoms with Crippen LogP contribution in [0.15, 0.2) is 29.4 Å². The molecule has 9 heteroatoms. The monoisotopic (exact) mass is 354 g/mol. The van der Waals surface area contributed by atoms with Crippen LogP contribution >= 0.6 is 0 Å². The van der Waals surface area contributed by atoms with Gasteiger partial charge < -0.3 is 9.57 Å². The molecule has 0 saturated heterocycles. The zero-order valence-electron chi connectivity index (χ0n) is 13.3. The maximum Gasteiger partial charge on any atom is 0.341 e. The van der Waals surface area contributed by atoms with Crippen LogP contribution in [0.1, 0.15) is 32.3 Å². The van der Waals surface area contributed by atoms with Gasteiger partial charge in [0.2, 0.25) is 10.0 Å². The first kappa shape index (κ1) is 17.9. The maximum absolute atomic E-state index is 12.3. The zero-order valence-corrected chi connectivity index (χ0v) is 14.1. The van der Waals surface area contributed by atoms with Gasteiger partial charge in [0.15, 0.2) is 5.25 Å². The van der Waals surface area contributed by atoms with Gasteiger partial charge in [-0.05, 0) is 25.5 Å². The van der Waals surface area contributed by atoms with Gasteiger partial charge in [-0.3, -0.25) is 9.52 Å². The second-order valence-electron chi connectivity index (χ2n) is 5.05. The molecule has 8 nitrogen and oxygen atoms in total. The van der Waals surface area contributed by atoms with Crippen LogP contribution in [0.5, 0.6) is 0 Å². The molecule has 1 aliphatic heterocycles. The Morgan fingerprint density at radius 3 is 2.50 bits per heavy atom. The molecule has 0 saturated carbocycles. The summed E-state index contributed by atoms with van der Waals surface area (Å²) in [5.74, 6) is -1.21. The van der Waals surface area contributed by atoms with Crippen LogP contribution in [0.3, 0.4) is 0 Å². The Balaban J connectivity index is 2.12. The topological polar surface area (TPSA) is 111 Å². The summed E-state index contributed by atoms with van der Waals surface area (Å²) in [7, 11) is -3.92. The van der Waals surface area contributed by atoms with E-state index in [9.17, 15) is 18.0 Å². The molecule has 2 rings (SSSR count). The molecule has 1 atom stereocenters. The summed E-state index contributed by atoms with van der Waals surface area (Å²) in [6, 6.07) is 6.28. The van der Waals surface area contributed by atoms with E-state index in [2.05, 4.69) is 14.7 Å². The minimum Gasteiger partial charge on any atom is -0.465 e. The van der Waals surface area contributed by atoms with Crippen LogP contribution in [-0.4, -0.2) is 37.9 Å². The number of nitrogens with one attached hydrogen (secondary N) is 1. The van der Waals surface area contributed by atoms with E-state index < -0.39 is 27.2 Å². The van der Waals surface area contributed by atoms with Crippen LogP contribution in [-0.2, 0) is 29.2 Å². The number of carbonyl (C=O) groups excluding carboxylic acids is 2. The van der Waals surface area contributed by atoms with Gasteiger partial charge in [0.05, 0.1) is 18.7 Å². The lowest BCUT2D eigenvalue weighted by Crippen LogP contribution is -2.35. The number of nitrogens with zero attached hydrogens (tertiary/aromatic N) is 1. The van der Waals surface area contributed by atoms with Gasteiger partial charge in [0.1, 0.15) is 0 Å². The molecular formula is C15H18N2O6S. The fourth-order valence-electron chi connectivity index (χ4n) is 2.18. The summed E-state index contributed by atoms with van der Waals surface area (Å²) in [6.45, 7) is 3.32. The molecule has 0 radical (unpaired) electrons. The average Bonchev–Trinajstić information content (AvgIpc) is 2.95. The van der Waals surface area contributed by atoms with Gasteiger partial charge >= 0.3 is 11.9 Å². The van der Waals surface area contributed by atoms with Crippen molar-refractivity contribution in [3.8, 4) is 0 Å². The van der Waals surface area contributed by atoms with Crippen molar-refractivity contribution < 1.29 is 27.6 Å². The van der Waals surface area contributed by atoms with E-state index in [1.54, 1.807) is 26.0 Å². The SMILES string of the molecule is CCOC(=O)C(CC)S(=O)(=O)Nc1ccc(C2=NOC(=O)C2)cc1. The molecule has 1 N–H and O–H groups in total. The molecule has 24 heavy (non-hydrogen) atoms. The van der Waals surface area contributed by atoms with Gasteiger partial charge in [-0.2, -0.15) is 0 Å². The maximum atomic E-state index is 12.3. The lowest BCUT2D eigenvalue weighted by atomic mass is 10.1. The second kappa shape index (κ2) is 7.43. The first-order chi connectivity index (χ1) is 11.4. The van der Waals surface area contributed by atoms with Crippen LogP contribution < -0.4 is 4.72 Å². The summed E-state index contributed by atoms with van der Waals surface area (Å²) < 4.78 is 31.8. The van der Waals surface area contributed by atoms with Gasteiger partial charge in [-0.15, -0.1) is 0 Å². The number of oxime groups is 1. The molecule has 1 aromatic rings. The zero-order chi connectivity index (χ0) is 17.7. The summed E-state index contributed by atoms with van der Waals surface area (Å²) >= 11 is 0. The second-order valence-corrected chi connectivity index (χ2v) is 6.91. The third-order valence-electron chi connectivity index (χ3n) is 3.34. The minimum atomic E-state index is -3.92. The van der Waals surface area contributed by atoms with Gasteiger partial charge in [-0.1, -0.05) is 24.2 Å². The van der Waals surface area contributed by atoms with Crippen molar-refractivity contribution in [3.05, 3.63) is 29.8 Å². The third-order valence-corrected chi connectivity index (χ3v) is 5.14. The number of hydrogen-bond acceptors (Lipinski definition) is 7. The van der Waals surface area contributed by atoms with E-state index in [1.807, 2.05) is 0 Å². The summed E-state index contributed by atoms with van der Waals surface area (Å²) in [5, 5.41) is 2.37. The van der Waals surface area contributed by atoms with E-state index in [0.717, 1.165) is 0 Å². The van der Waals surface area contributed by atoms with Crippen LogP contribution in [0.25, 0.3) is 0 Å². The molecule has 0 aromatic heterocycles. The smallest absolute Gasteiger partial charge is 0.341 e. The van der Waals surface area contributed by atoms with Crippen molar-refractivity contribution in [1.82, 2.24) is 0 Å². The predicted molar refractivity (Wildman–Crippen MR) is 86.9 cm³/mol. The van der Waals surface area contributed by atoms with Gasteiger partial charge in [0.25, 0.3) is 0 Å². The molecule has 0 aliphatic carbocycles. The van der Waals surface area contributed by atoms with Crippen molar-refractivity contribution in [2.24, 2.45) is 5.16 Å². The Bertz CT molecular complexity index is 755. The number of sulfonamides is 1. The molecule has 1 aromatic carbocycles. The standard InChI is InChI=1S/C15H18N2O6S/c1-3-13(15(19)22-4-2)24(20,21)17-11-7-5-10(6-8-11)12-9-14(18)23-16-12/h5-8,13,17H,3-4,9H2,1-2H3. The number of carbonyl (C=O) groups is 2. The highest BCUT2D eigenvalue weighted by Gasteiger charge is 2.32. The van der Waals surface area contributed by atoms with Gasteiger partial charge in [0, 0.05) is 11.3 Å². The van der Waals surface area contributed by atoms with Crippen LogP contribution in [0.2, 0.25) is 0 Å². The van der Waals surface area contributed by atoms with E-state index in [4.69, 9.17) is 4.74 Å². The summed E-state index contributed by atoms with van der Waals surface area (Å²) in [6.07, 6.45) is 0.175. The number of esters is 1. The first-order valence-corrected chi connectivity index (χ1v) is 8.97. The minimum absolute atomic E-state index is 0.0752. The first-order valence-electron chi connectivity index (χ1n) is 7.42. The molecule has 1 heterocycles. The largest absolute Gasteiger partial charge is 0.465 e. The van der Waals surface area contributed by atoms with Crippen molar-refractivity contribution in [1.29, 1.82) is 0 Å². The van der Waals surface area contributed by atoms with Crippen LogP contribution in [0, 0.1) is 0 Å². The lowest BCUT2D eigenvalue weighted by molar-refractivity contribution is -0.142. The quantitative estimate of drug-likeness (QED) is 0.585. The normalized spacial score (nSPS) is 15.4. The molecule has 1 unspecified atom stereocenters. The molecule has 130 valence electrons. The summed E-state index contributed by atoms with van der Waals surface area (Å²) in [4.78, 5) is 27.3. The number of ether oxygens (including phenoxy) is 1. The Morgan fingerprint density at radius 2 is 2.00 bits per heavy atom. The Hall–Kier alpha value is -2.42. The van der Waals surface area contributed by atoms with Crippen molar-refractivity contribution in [2.45, 2.75) is 31.9 Å². The highest BCUT2D eigenvalue weighted by Crippen LogP contribution is 2.18. The third kappa shape index (κ3) is 4.10. The molecule has 1 aliphatic rings. The summed E-state index contributed by atoms with van der Waals surface area (Å²) in [5.41, 5.74) is 1.43. The van der Waals surface area contributed by atoms with Crippen molar-refractivity contribution in [3.63, 3.8) is 0 Å². The Labute approximate surface area is 139 Å². The van der Waals surface area contributed by atoms with E-state index >= 15 is 0 Å². The average molecular weight is 354 g/mol. The van der Waals surface area contributed by atoms with Crippen molar-refractivity contribution in [2.75, 3.05) is 11.3 Å². The molecular weight excluding hydrogens is 336 g/mol. The number of rotatable bonds is 7. The number of anilines is 1. The highest BCUT2D eigenvalue weighted by molar-refractivity contribution is 7.94. The highest BCUT2D eigenvalue weighted by atomic mass is 32.2. The van der Waals surface area contributed by atoms with Crippen LogP contribution in [0.4, 0.5) is 5.69 Å². The fourth-order valence-corrected chi connectivity index (χ4v) is 3.54. The molecule has 0 amide bonds.